The normalized spacial score (nSPS) is 19.3. The minimum Gasteiger partial charge on any atom is -0.461 e. The Hall–Kier alpha value is -5.10. The first kappa shape index (κ1) is 38.6. The molecule has 0 radical (unpaired) electrons. The number of nitrogens with zero attached hydrogens (tertiary/aromatic N) is 7. The number of hydrogen-bond donors (Lipinski definition) is 0. The molecule has 2 aromatic carbocycles. The predicted molar refractivity (Wildman–Crippen MR) is 197 cm³/mol. The van der Waals surface area contributed by atoms with Crippen molar-refractivity contribution in [1.29, 1.82) is 0 Å². The standard InChI is InChI=1S/C38H41ClF3N7O5/c1-37(2,3)53-35(50)48-14-13-47(19-24(48)16-43-7)33-26-17-44-31(25-10-8-9-21-11-12-27(41)29(39)28(21)25)30(42)32(26)45-34(46-33)52-20-23-15-22(40)18-49(23)36(51)54-38(4,5)6/h8-12,17,22-24H,13-16,18-20H2,1-6H3/t22-,23+,24+/m1/s1. The summed E-state index contributed by atoms with van der Waals surface area (Å²) in [6.45, 7) is 18.0. The predicted octanol–water partition coefficient (Wildman–Crippen LogP) is 7.85. The molecular formula is C38H41ClF3N7O5. The van der Waals surface area contributed by atoms with Crippen LogP contribution in [0.3, 0.4) is 0 Å². The third-order valence-electron chi connectivity index (χ3n) is 8.94. The minimum atomic E-state index is -1.32. The highest BCUT2D eigenvalue weighted by Crippen LogP contribution is 2.39. The topological polar surface area (TPSA) is 115 Å². The summed E-state index contributed by atoms with van der Waals surface area (Å²) >= 11 is 6.40. The van der Waals surface area contributed by atoms with E-state index >= 15 is 4.39 Å². The molecule has 2 fully saturated rings. The van der Waals surface area contributed by atoms with Gasteiger partial charge in [0.15, 0.2) is 5.82 Å². The van der Waals surface area contributed by atoms with Crippen LogP contribution in [0, 0.1) is 18.2 Å². The van der Waals surface area contributed by atoms with Crippen molar-refractivity contribution >= 4 is 51.3 Å². The smallest absolute Gasteiger partial charge is 0.410 e. The highest BCUT2D eigenvalue weighted by molar-refractivity contribution is 6.36. The number of fused-ring (bicyclic) bond motifs is 2. The summed E-state index contributed by atoms with van der Waals surface area (Å²) in [4.78, 5) is 47.7. The van der Waals surface area contributed by atoms with Gasteiger partial charge in [-0.1, -0.05) is 35.9 Å². The lowest BCUT2D eigenvalue weighted by Crippen LogP contribution is -2.57. The van der Waals surface area contributed by atoms with Crippen molar-refractivity contribution in [3.63, 3.8) is 0 Å². The van der Waals surface area contributed by atoms with Gasteiger partial charge in [0.2, 0.25) is 6.54 Å². The highest BCUT2D eigenvalue weighted by Gasteiger charge is 2.39. The summed E-state index contributed by atoms with van der Waals surface area (Å²) in [6.07, 6.45) is -1.20. The van der Waals surface area contributed by atoms with E-state index in [0.717, 1.165) is 0 Å². The number of ether oxygens (including phenoxy) is 3. The fraction of sp³-hybridized carbons (Fsp3) is 0.474. The van der Waals surface area contributed by atoms with Crippen LogP contribution in [-0.2, 0) is 9.47 Å². The zero-order valence-electron chi connectivity index (χ0n) is 30.8. The van der Waals surface area contributed by atoms with Gasteiger partial charge < -0.3 is 24.0 Å². The Labute approximate surface area is 316 Å². The molecule has 0 saturated carbocycles. The molecule has 2 aromatic heterocycles. The fourth-order valence-corrected chi connectivity index (χ4v) is 6.90. The molecule has 4 heterocycles. The van der Waals surface area contributed by atoms with E-state index in [4.69, 9.17) is 32.4 Å². The van der Waals surface area contributed by atoms with Gasteiger partial charge in [-0.15, -0.1) is 0 Å². The molecule has 286 valence electrons. The number of hydrogen-bond acceptors (Lipinski definition) is 9. The van der Waals surface area contributed by atoms with Crippen molar-refractivity contribution in [2.24, 2.45) is 0 Å². The van der Waals surface area contributed by atoms with Crippen LogP contribution in [0.4, 0.5) is 28.6 Å². The van der Waals surface area contributed by atoms with Crippen molar-refractivity contribution in [3.8, 4) is 17.3 Å². The van der Waals surface area contributed by atoms with Crippen LogP contribution in [0.2, 0.25) is 5.02 Å². The van der Waals surface area contributed by atoms with Crippen molar-refractivity contribution in [2.75, 3.05) is 44.2 Å². The van der Waals surface area contributed by atoms with Crippen LogP contribution < -0.4 is 9.64 Å². The van der Waals surface area contributed by atoms with Crippen LogP contribution in [-0.4, -0.2) is 106 Å². The summed E-state index contributed by atoms with van der Waals surface area (Å²) in [5.41, 5.74) is -1.67. The second-order valence-electron chi connectivity index (χ2n) is 15.3. The number of halogens is 4. The lowest BCUT2D eigenvalue weighted by Gasteiger charge is -2.40. The van der Waals surface area contributed by atoms with Gasteiger partial charge in [0.25, 0.3) is 0 Å². The molecule has 2 saturated heterocycles. The first-order valence-corrected chi connectivity index (χ1v) is 17.9. The van der Waals surface area contributed by atoms with E-state index in [0.29, 0.717) is 5.39 Å². The van der Waals surface area contributed by atoms with E-state index in [1.807, 2.05) is 0 Å². The number of likely N-dealkylation sites (tertiary alicyclic amines) is 1. The summed E-state index contributed by atoms with van der Waals surface area (Å²) < 4.78 is 63.3. The van der Waals surface area contributed by atoms with E-state index in [1.54, 1.807) is 64.6 Å². The molecule has 16 heteroatoms. The Bertz CT molecular complexity index is 2140. The van der Waals surface area contributed by atoms with E-state index in [9.17, 15) is 18.4 Å². The van der Waals surface area contributed by atoms with Crippen LogP contribution in [0.25, 0.3) is 37.8 Å². The number of amides is 2. The molecule has 2 aliphatic heterocycles. The molecule has 0 bridgehead atoms. The van der Waals surface area contributed by atoms with Crippen LogP contribution >= 0.6 is 11.6 Å². The molecule has 3 atom stereocenters. The number of alkyl halides is 1. The van der Waals surface area contributed by atoms with Gasteiger partial charge in [0, 0.05) is 43.2 Å². The third kappa shape index (κ3) is 8.18. The van der Waals surface area contributed by atoms with Crippen molar-refractivity contribution in [3.05, 3.63) is 64.6 Å². The minimum absolute atomic E-state index is 0.0224. The number of aromatic nitrogens is 3. The molecule has 54 heavy (non-hydrogen) atoms. The van der Waals surface area contributed by atoms with Gasteiger partial charge in [-0.3, -0.25) is 14.8 Å². The van der Waals surface area contributed by atoms with Crippen LogP contribution in [0.1, 0.15) is 48.0 Å². The third-order valence-corrected chi connectivity index (χ3v) is 9.31. The molecule has 2 aliphatic rings. The SMILES string of the molecule is [C-]#[N+]C[C@H]1CN(c2nc(OC[C@@H]3C[C@@H](F)CN3C(=O)OC(C)(C)C)nc3c(F)c(-c4cccc5ccc(F)c(Cl)c45)ncc23)CCN1C(=O)OC(C)(C)C. The first-order valence-electron chi connectivity index (χ1n) is 17.5. The lowest BCUT2D eigenvalue weighted by atomic mass is 10.0. The molecule has 12 nitrogen and oxygen atoms in total. The van der Waals surface area contributed by atoms with Gasteiger partial charge in [0.1, 0.15) is 52.9 Å². The van der Waals surface area contributed by atoms with E-state index in [2.05, 4.69) is 19.8 Å². The molecule has 0 N–H and O–H groups in total. The van der Waals surface area contributed by atoms with Crippen molar-refractivity contribution in [1.82, 2.24) is 24.8 Å². The van der Waals surface area contributed by atoms with Gasteiger partial charge in [0.05, 0.1) is 23.0 Å². The lowest BCUT2D eigenvalue weighted by molar-refractivity contribution is 0.0153. The zero-order valence-corrected chi connectivity index (χ0v) is 31.6. The number of piperazine rings is 1. The maximum Gasteiger partial charge on any atom is 0.410 e. The number of rotatable bonds is 6. The molecule has 0 spiro atoms. The van der Waals surface area contributed by atoms with Gasteiger partial charge in [-0.05, 0) is 53.0 Å². The quantitative estimate of drug-likeness (QED) is 0.181. The maximum atomic E-state index is 16.9. The fourth-order valence-electron chi connectivity index (χ4n) is 6.62. The van der Waals surface area contributed by atoms with E-state index in [-0.39, 0.29) is 90.1 Å². The summed E-state index contributed by atoms with van der Waals surface area (Å²) in [7, 11) is 0. The van der Waals surface area contributed by atoms with Crippen LogP contribution in [0.15, 0.2) is 36.5 Å². The van der Waals surface area contributed by atoms with E-state index < -0.39 is 53.3 Å². The highest BCUT2D eigenvalue weighted by atomic mass is 35.5. The van der Waals surface area contributed by atoms with Gasteiger partial charge in [-0.25, -0.2) is 29.3 Å². The molecule has 6 rings (SSSR count). The second kappa shape index (κ2) is 15.0. The van der Waals surface area contributed by atoms with E-state index in [1.165, 1.54) is 28.1 Å². The molecular weight excluding hydrogens is 727 g/mol. The van der Waals surface area contributed by atoms with Crippen LogP contribution in [0.5, 0.6) is 6.01 Å². The Morgan fingerprint density at radius 2 is 1.67 bits per heavy atom. The average molecular weight is 768 g/mol. The molecule has 0 unspecified atom stereocenters. The monoisotopic (exact) mass is 767 g/mol. The van der Waals surface area contributed by atoms with Crippen molar-refractivity contribution in [2.45, 2.75) is 77.4 Å². The number of carbonyl (C=O) groups is 2. The zero-order chi connectivity index (χ0) is 39.1. The van der Waals surface area contributed by atoms with Gasteiger partial charge in [-0.2, -0.15) is 9.97 Å². The maximum absolute atomic E-state index is 16.9. The number of carbonyl (C=O) groups excluding carboxylic acids is 2. The second-order valence-corrected chi connectivity index (χ2v) is 15.7. The average Bonchev–Trinajstić information content (AvgIpc) is 3.48. The summed E-state index contributed by atoms with van der Waals surface area (Å²) in [6, 6.07) is 6.13. The Kier molecular flexibility index (Phi) is 10.7. The Balaban J connectivity index is 1.42. The molecule has 2 amide bonds. The first-order chi connectivity index (χ1) is 25.4. The number of anilines is 1. The Morgan fingerprint density at radius 1 is 0.963 bits per heavy atom. The van der Waals surface area contributed by atoms with Crippen molar-refractivity contribution < 1.29 is 37.0 Å². The Morgan fingerprint density at radius 3 is 2.35 bits per heavy atom. The summed E-state index contributed by atoms with van der Waals surface area (Å²) in [5, 5.41) is 0.843. The molecule has 4 aromatic rings. The summed E-state index contributed by atoms with van der Waals surface area (Å²) in [5.74, 6) is -1.33. The number of benzene rings is 2. The van der Waals surface area contributed by atoms with Gasteiger partial charge >= 0.3 is 18.2 Å². The largest absolute Gasteiger partial charge is 0.461 e. The number of pyridine rings is 1. The molecule has 0 aliphatic carbocycles.